The number of sulfonamides is 1. The fourth-order valence-corrected chi connectivity index (χ4v) is 6.87. The van der Waals surface area contributed by atoms with Gasteiger partial charge in [0, 0.05) is 35.0 Å². The van der Waals surface area contributed by atoms with Gasteiger partial charge in [-0.3, -0.25) is 4.79 Å². The lowest BCUT2D eigenvalue weighted by Gasteiger charge is -2.32. The van der Waals surface area contributed by atoms with Crippen molar-refractivity contribution in [2.24, 2.45) is 5.92 Å². The largest absolute Gasteiger partial charge is 0.454 e. The third-order valence-corrected chi connectivity index (χ3v) is 8.37. The first kappa shape index (κ1) is 20.2. The molecule has 1 N–H and O–H groups in total. The number of nitrogens with zero attached hydrogens (tertiary/aromatic N) is 1. The molecule has 2 aromatic rings. The van der Waals surface area contributed by atoms with E-state index in [-0.39, 0.29) is 18.6 Å². The number of ether oxygens (including phenoxy) is 2. The molecule has 2 aliphatic rings. The SMILES string of the molecule is Cc1cc(S(=O)(=O)N2CCC[C@@H](CNC(=O)c3ccc4c(c3)OCO4)C2)c(C)s1. The molecule has 0 bridgehead atoms. The highest BCUT2D eigenvalue weighted by Gasteiger charge is 2.32. The maximum Gasteiger partial charge on any atom is 0.251 e. The van der Waals surface area contributed by atoms with Crippen LogP contribution in [0.2, 0.25) is 0 Å². The van der Waals surface area contributed by atoms with Gasteiger partial charge in [0.2, 0.25) is 16.8 Å². The molecule has 1 saturated heterocycles. The fourth-order valence-electron chi connectivity index (χ4n) is 3.79. The molecule has 1 fully saturated rings. The molecule has 0 aliphatic carbocycles. The van der Waals surface area contributed by atoms with Crippen LogP contribution in [0.3, 0.4) is 0 Å². The molecule has 156 valence electrons. The minimum atomic E-state index is -3.50. The number of carbonyl (C=O) groups excluding carboxylic acids is 1. The number of nitrogens with one attached hydrogen (secondary N) is 1. The van der Waals surface area contributed by atoms with Gasteiger partial charge in [0.05, 0.1) is 4.90 Å². The normalized spacial score (nSPS) is 19.3. The van der Waals surface area contributed by atoms with Crippen LogP contribution in [-0.2, 0) is 10.0 Å². The smallest absolute Gasteiger partial charge is 0.251 e. The van der Waals surface area contributed by atoms with Crippen LogP contribution in [0, 0.1) is 19.8 Å². The van der Waals surface area contributed by atoms with E-state index in [1.807, 2.05) is 13.8 Å². The van der Waals surface area contributed by atoms with E-state index in [2.05, 4.69) is 5.32 Å². The Bertz CT molecular complexity index is 1030. The summed E-state index contributed by atoms with van der Waals surface area (Å²) < 4.78 is 38.2. The van der Waals surface area contributed by atoms with Crippen LogP contribution in [0.5, 0.6) is 11.5 Å². The lowest BCUT2D eigenvalue weighted by atomic mass is 9.99. The van der Waals surface area contributed by atoms with Crippen LogP contribution in [0.25, 0.3) is 0 Å². The molecular weight excluding hydrogens is 412 g/mol. The minimum Gasteiger partial charge on any atom is -0.454 e. The van der Waals surface area contributed by atoms with Gasteiger partial charge in [-0.25, -0.2) is 8.42 Å². The second-order valence-electron chi connectivity index (χ2n) is 7.43. The molecule has 0 radical (unpaired) electrons. The molecule has 9 heteroatoms. The number of carbonyl (C=O) groups is 1. The third kappa shape index (κ3) is 4.12. The Morgan fingerprint density at radius 1 is 1.24 bits per heavy atom. The standard InChI is InChI=1S/C20H24N2O5S2/c1-13-8-19(14(2)28-13)29(24,25)22-7-3-4-15(11-22)10-21-20(23)16-5-6-17-18(9-16)27-12-26-17/h5-6,8-9,15H,3-4,7,10-12H2,1-2H3,(H,21,23)/t15-/m0/s1. The fraction of sp³-hybridized carbons (Fsp3) is 0.450. The molecule has 1 aromatic heterocycles. The zero-order valence-corrected chi connectivity index (χ0v) is 18.1. The van der Waals surface area contributed by atoms with Gasteiger partial charge in [0.15, 0.2) is 11.5 Å². The van der Waals surface area contributed by atoms with Gasteiger partial charge < -0.3 is 14.8 Å². The van der Waals surface area contributed by atoms with Gasteiger partial charge >= 0.3 is 0 Å². The highest BCUT2D eigenvalue weighted by molar-refractivity contribution is 7.89. The van der Waals surface area contributed by atoms with Gasteiger partial charge in [0.25, 0.3) is 5.91 Å². The zero-order valence-electron chi connectivity index (χ0n) is 16.4. The van der Waals surface area contributed by atoms with Crippen molar-refractivity contribution in [3.63, 3.8) is 0 Å². The van der Waals surface area contributed by atoms with Crippen molar-refractivity contribution >= 4 is 27.3 Å². The second kappa shape index (κ2) is 7.97. The lowest BCUT2D eigenvalue weighted by Crippen LogP contribution is -2.43. The summed E-state index contributed by atoms with van der Waals surface area (Å²) in [4.78, 5) is 14.7. The zero-order chi connectivity index (χ0) is 20.6. The van der Waals surface area contributed by atoms with Gasteiger partial charge in [-0.05, 0) is 56.9 Å². The predicted molar refractivity (Wildman–Crippen MR) is 110 cm³/mol. The summed E-state index contributed by atoms with van der Waals surface area (Å²) in [6, 6.07) is 6.83. The number of hydrogen-bond acceptors (Lipinski definition) is 6. The topological polar surface area (TPSA) is 84.9 Å². The van der Waals surface area contributed by atoms with Gasteiger partial charge in [-0.15, -0.1) is 11.3 Å². The van der Waals surface area contributed by atoms with Gasteiger partial charge in [-0.1, -0.05) is 0 Å². The van der Waals surface area contributed by atoms with Crippen molar-refractivity contribution in [2.45, 2.75) is 31.6 Å². The first-order chi connectivity index (χ1) is 13.8. The molecule has 4 rings (SSSR count). The maximum absolute atomic E-state index is 13.1. The Kier molecular flexibility index (Phi) is 5.54. The average Bonchev–Trinajstić information content (AvgIpc) is 3.31. The monoisotopic (exact) mass is 436 g/mol. The first-order valence-corrected chi connectivity index (χ1v) is 11.9. The number of benzene rings is 1. The van der Waals surface area contributed by atoms with Crippen LogP contribution < -0.4 is 14.8 Å². The predicted octanol–water partition coefficient (Wildman–Crippen LogP) is 2.92. The molecule has 2 aliphatic heterocycles. The summed E-state index contributed by atoms with van der Waals surface area (Å²) in [7, 11) is -3.50. The maximum atomic E-state index is 13.1. The number of piperidine rings is 1. The number of hydrogen-bond donors (Lipinski definition) is 1. The third-order valence-electron chi connectivity index (χ3n) is 5.28. The molecule has 0 unspecified atom stereocenters. The highest BCUT2D eigenvalue weighted by Crippen LogP contribution is 2.33. The van der Waals surface area contributed by atoms with Gasteiger partial charge in [-0.2, -0.15) is 4.31 Å². The summed E-state index contributed by atoms with van der Waals surface area (Å²) in [6.45, 7) is 5.29. The van der Waals surface area contributed by atoms with Gasteiger partial charge in [0.1, 0.15) is 0 Å². The van der Waals surface area contributed by atoms with Crippen LogP contribution >= 0.6 is 11.3 Å². The molecular formula is C20H24N2O5S2. The molecule has 1 atom stereocenters. The van der Waals surface area contributed by atoms with Crippen LogP contribution in [0.4, 0.5) is 0 Å². The Morgan fingerprint density at radius 3 is 2.79 bits per heavy atom. The van der Waals surface area contributed by atoms with E-state index in [9.17, 15) is 13.2 Å². The van der Waals surface area contributed by atoms with Crippen molar-refractivity contribution < 1.29 is 22.7 Å². The van der Waals surface area contributed by atoms with Crippen molar-refractivity contribution in [1.29, 1.82) is 0 Å². The summed E-state index contributed by atoms with van der Waals surface area (Å²) >= 11 is 1.50. The molecule has 7 nitrogen and oxygen atoms in total. The number of thiophene rings is 1. The van der Waals surface area contributed by atoms with E-state index < -0.39 is 10.0 Å². The van der Waals surface area contributed by atoms with Crippen LogP contribution in [-0.4, -0.2) is 45.1 Å². The Morgan fingerprint density at radius 2 is 2.03 bits per heavy atom. The Balaban J connectivity index is 1.39. The van der Waals surface area contributed by atoms with E-state index in [1.54, 1.807) is 28.6 Å². The van der Waals surface area contributed by atoms with E-state index in [0.717, 1.165) is 22.6 Å². The summed E-state index contributed by atoms with van der Waals surface area (Å²) in [6.07, 6.45) is 1.67. The van der Waals surface area contributed by atoms with E-state index >= 15 is 0 Å². The van der Waals surface area contributed by atoms with E-state index in [0.29, 0.717) is 41.6 Å². The molecule has 0 saturated carbocycles. The number of amides is 1. The van der Waals surface area contributed by atoms with E-state index in [1.165, 1.54) is 11.3 Å². The number of rotatable bonds is 5. The molecule has 3 heterocycles. The first-order valence-electron chi connectivity index (χ1n) is 9.59. The van der Waals surface area contributed by atoms with Crippen molar-refractivity contribution in [1.82, 2.24) is 9.62 Å². The summed E-state index contributed by atoms with van der Waals surface area (Å²) in [5, 5.41) is 2.93. The average molecular weight is 437 g/mol. The van der Waals surface area contributed by atoms with Crippen molar-refractivity contribution in [3.05, 3.63) is 39.6 Å². The van der Waals surface area contributed by atoms with Crippen molar-refractivity contribution in [3.8, 4) is 11.5 Å². The molecule has 1 amide bonds. The molecule has 0 spiro atoms. The summed E-state index contributed by atoms with van der Waals surface area (Å²) in [5.41, 5.74) is 0.499. The summed E-state index contributed by atoms with van der Waals surface area (Å²) in [5.74, 6) is 1.08. The van der Waals surface area contributed by atoms with Crippen LogP contribution in [0.1, 0.15) is 33.0 Å². The Hall–Kier alpha value is -2.10. The number of fused-ring (bicyclic) bond motifs is 1. The lowest BCUT2D eigenvalue weighted by molar-refractivity contribution is 0.0941. The number of aryl methyl sites for hydroxylation is 2. The quantitative estimate of drug-likeness (QED) is 0.779. The molecule has 29 heavy (non-hydrogen) atoms. The van der Waals surface area contributed by atoms with Crippen molar-refractivity contribution in [2.75, 3.05) is 26.4 Å². The van der Waals surface area contributed by atoms with E-state index in [4.69, 9.17) is 9.47 Å². The van der Waals surface area contributed by atoms with Crippen LogP contribution in [0.15, 0.2) is 29.2 Å². The Labute approximate surface area is 174 Å². The second-order valence-corrected chi connectivity index (χ2v) is 10.8. The molecule has 1 aromatic carbocycles. The minimum absolute atomic E-state index is 0.0801. The highest BCUT2D eigenvalue weighted by atomic mass is 32.2.